The van der Waals surface area contributed by atoms with Crippen LogP contribution in [0.25, 0.3) is 0 Å². The molecular formula is C10H14BrClN+. The Morgan fingerprint density at radius 3 is 2.23 bits per heavy atom. The molecule has 0 bridgehead atoms. The lowest BCUT2D eigenvalue weighted by molar-refractivity contribution is -0.889. The van der Waals surface area contributed by atoms with Crippen molar-refractivity contribution in [1.29, 1.82) is 0 Å². The Labute approximate surface area is 93.0 Å². The van der Waals surface area contributed by atoms with Crippen LogP contribution in [0.5, 0.6) is 0 Å². The van der Waals surface area contributed by atoms with Crippen LogP contribution in [0.15, 0.2) is 24.3 Å². The molecule has 1 rings (SSSR count). The minimum atomic E-state index is 0.799. The maximum atomic E-state index is 5.80. The van der Waals surface area contributed by atoms with Gasteiger partial charge >= 0.3 is 0 Å². The Balaban J connectivity index is 2.69. The average Bonchev–Trinajstić information content (AvgIpc) is 2.09. The zero-order valence-corrected chi connectivity index (χ0v) is 10.3. The molecule has 0 aliphatic heterocycles. The molecule has 0 fully saturated rings. The Hall–Kier alpha value is -0.0500. The standard InChI is InChI=1S/C10H14BrClN/c1-13(2,8-11)7-9-3-5-10(12)6-4-9/h3-6H,7-8H2,1-2H3/q+1. The van der Waals surface area contributed by atoms with Gasteiger partial charge in [0.15, 0.2) is 0 Å². The van der Waals surface area contributed by atoms with Crippen molar-refractivity contribution < 1.29 is 4.48 Å². The zero-order chi connectivity index (χ0) is 9.90. The molecule has 0 heterocycles. The summed E-state index contributed by atoms with van der Waals surface area (Å²) < 4.78 is 0.932. The Bertz CT molecular complexity index is 269. The Morgan fingerprint density at radius 2 is 1.77 bits per heavy atom. The van der Waals surface area contributed by atoms with Gasteiger partial charge in [-0.1, -0.05) is 23.7 Å². The maximum Gasteiger partial charge on any atom is 0.134 e. The van der Waals surface area contributed by atoms with Crippen LogP contribution in [-0.2, 0) is 6.54 Å². The van der Waals surface area contributed by atoms with Crippen molar-refractivity contribution in [3.8, 4) is 0 Å². The fraction of sp³-hybridized carbons (Fsp3) is 0.400. The van der Waals surface area contributed by atoms with Crippen molar-refractivity contribution in [1.82, 2.24) is 0 Å². The van der Waals surface area contributed by atoms with Crippen LogP contribution in [0, 0.1) is 0 Å². The second-order valence-electron chi connectivity index (χ2n) is 3.84. The molecule has 0 saturated carbocycles. The van der Waals surface area contributed by atoms with E-state index in [2.05, 4.69) is 42.2 Å². The second-order valence-corrected chi connectivity index (χ2v) is 4.78. The third-order valence-corrected chi connectivity index (χ3v) is 3.46. The van der Waals surface area contributed by atoms with Gasteiger partial charge in [-0.15, -0.1) is 0 Å². The minimum Gasteiger partial charge on any atom is -0.316 e. The van der Waals surface area contributed by atoms with Crippen LogP contribution in [0.1, 0.15) is 5.56 Å². The number of hydrogen-bond acceptors (Lipinski definition) is 0. The fourth-order valence-electron chi connectivity index (χ4n) is 1.13. The van der Waals surface area contributed by atoms with Gasteiger partial charge < -0.3 is 4.48 Å². The molecule has 0 N–H and O–H groups in total. The Morgan fingerprint density at radius 1 is 1.23 bits per heavy atom. The number of alkyl halides is 1. The quantitative estimate of drug-likeness (QED) is 0.446. The van der Waals surface area contributed by atoms with E-state index in [1.165, 1.54) is 5.56 Å². The monoisotopic (exact) mass is 262 g/mol. The van der Waals surface area contributed by atoms with Crippen molar-refractivity contribution in [2.75, 3.05) is 19.5 Å². The van der Waals surface area contributed by atoms with Crippen molar-refractivity contribution in [3.05, 3.63) is 34.9 Å². The predicted octanol–water partition coefficient (Wildman–Crippen LogP) is 3.27. The summed E-state index contributed by atoms with van der Waals surface area (Å²) in [7, 11) is 4.37. The van der Waals surface area contributed by atoms with Gasteiger partial charge in [0, 0.05) is 10.6 Å². The van der Waals surface area contributed by atoms with Crippen LogP contribution in [0.3, 0.4) is 0 Å². The molecule has 1 aromatic carbocycles. The number of hydrogen-bond donors (Lipinski definition) is 0. The zero-order valence-electron chi connectivity index (χ0n) is 7.93. The van der Waals surface area contributed by atoms with Crippen LogP contribution in [0.4, 0.5) is 0 Å². The Kier molecular flexibility index (Phi) is 3.77. The van der Waals surface area contributed by atoms with Gasteiger partial charge in [-0.05, 0) is 28.1 Å². The SMILES string of the molecule is C[N+](C)(CBr)Cc1ccc(Cl)cc1. The highest BCUT2D eigenvalue weighted by atomic mass is 79.9. The van der Waals surface area contributed by atoms with Gasteiger partial charge in [0.2, 0.25) is 0 Å². The van der Waals surface area contributed by atoms with Gasteiger partial charge in [0.05, 0.1) is 14.1 Å². The molecule has 3 heteroatoms. The van der Waals surface area contributed by atoms with E-state index in [4.69, 9.17) is 11.6 Å². The number of quaternary nitrogens is 1. The summed E-state index contributed by atoms with van der Waals surface area (Å²) in [5.74, 6) is 0. The van der Waals surface area contributed by atoms with Crippen LogP contribution < -0.4 is 0 Å². The van der Waals surface area contributed by atoms with Crippen molar-refractivity contribution >= 4 is 27.5 Å². The van der Waals surface area contributed by atoms with Gasteiger partial charge in [-0.25, -0.2) is 0 Å². The number of nitrogens with zero attached hydrogens (tertiary/aromatic N) is 1. The normalized spacial score (nSPS) is 11.7. The number of rotatable bonds is 3. The summed E-state index contributed by atoms with van der Waals surface area (Å²) in [4.78, 5) is 0. The van der Waals surface area contributed by atoms with Gasteiger partial charge in [0.1, 0.15) is 12.0 Å². The molecule has 0 spiro atoms. The molecule has 1 nitrogen and oxygen atoms in total. The van der Waals surface area contributed by atoms with Crippen LogP contribution >= 0.6 is 27.5 Å². The van der Waals surface area contributed by atoms with E-state index in [0.717, 1.165) is 21.5 Å². The second kappa shape index (κ2) is 4.45. The van der Waals surface area contributed by atoms with E-state index in [-0.39, 0.29) is 0 Å². The predicted molar refractivity (Wildman–Crippen MR) is 61.1 cm³/mol. The van der Waals surface area contributed by atoms with Crippen molar-refractivity contribution in [2.24, 2.45) is 0 Å². The summed E-state index contributed by atoms with van der Waals surface area (Å²) in [5, 5.41) is 0.799. The van der Waals surface area contributed by atoms with E-state index >= 15 is 0 Å². The van der Waals surface area contributed by atoms with Crippen molar-refractivity contribution in [3.63, 3.8) is 0 Å². The third-order valence-electron chi connectivity index (χ3n) is 1.85. The van der Waals surface area contributed by atoms with E-state index in [0.29, 0.717) is 0 Å². The molecule has 0 amide bonds. The minimum absolute atomic E-state index is 0.799. The molecule has 13 heavy (non-hydrogen) atoms. The van der Waals surface area contributed by atoms with E-state index in [1.54, 1.807) is 0 Å². The molecular weight excluding hydrogens is 249 g/mol. The first-order chi connectivity index (χ1) is 6.03. The van der Waals surface area contributed by atoms with Crippen LogP contribution in [-0.4, -0.2) is 24.0 Å². The molecule has 0 aliphatic carbocycles. The van der Waals surface area contributed by atoms with E-state index in [1.807, 2.05) is 12.1 Å². The highest BCUT2D eigenvalue weighted by Gasteiger charge is 2.12. The molecule has 0 aromatic heterocycles. The van der Waals surface area contributed by atoms with Gasteiger partial charge in [-0.3, -0.25) is 0 Å². The molecule has 1 aromatic rings. The molecule has 0 atom stereocenters. The number of benzene rings is 1. The van der Waals surface area contributed by atoms with Gasteiger partial charge in [-0.2, -0.15) is 0 Å². The summed E-state index contributed by atoms with van der Waals surface area (Å²) in [6, 6.07) is 8.02. The van der Waals surface area contributed by atoms with Crippen molar-refractivity contribution in [2.45, 2.75) is 6.54 Å². The lowest BCUT2D eigenvalue weighted by Crippen LogP contribution is -2.36. The topological polar surface area (TPSA) is 0 Å². The lowest BCUT2D eigenvalue weighted by atomic mass is 10.2. The highest BCUT2D eigenvalue weighted by Crippen LogP contribution is 2.14. The molecule has 0 aliphatic rings. The summed E-state index contributed by atoms with van der Waals surface area (Å²) >= 11 is 9.29. The molecule has 0 unspecified atom stereocenters. The molecule has 0 saturated heterocycles. The first-order valence-corrected chi connectivity index (χ1v) is 5.66. The maximum absolute atomic E-state index is 5.80. The molecule has 0 radical (unpaired) electrons. The lowest BCUT2D eigenvalue weighted by Gasteiger charge is -2.27. The smallest absolute Gasteiger partial charge is 0.134 e. The summed E-state index contributed by atoms with van der Waals surface area (Å²) in [5.41, 5.74) is 2.27. The first kappa shape index (κ1) is 11.0. The van der Waals surface area contributed by atoms with Gasteiger partial charge in [0.25, 0.3) is 0 Å². The highest BCUT2D eigenvalue weighted by molar-refractivity contribution is 9.09. The summed E-state index contributed by atoms with van der Waals surface area (Å²) in [6.45, 7) is 1.02. The largest absolute Gasteiger partial charge is 0.316 e. The van der Waals surface area contributed by atoms with E-state index < -0.39 is 0 Å². The fourth-order valence-corrected chi connectivity index (χ4v) is 1.43. The van der Waals surface area contributed by atoms with Crippen LogP contribution in [0.2, 0.25) is 5.02 Å². The number of halogens is 2. The summed E-state index contributed by atoms with van der Waals surface area (Å²) in [6.07, 6.45) is 0. The third kappa shape index (κ3) is 3.67. The average molecular weight is 264 g/mol. The molecule has 72 valence electrons. The van der Waals surface area contributed by atoms with E-state index in [9.17, 15) is 0 Å². The first-order valence-electron chi connectivity index (χ1n) is 4.16.